The minimum absolute atomic E-state index is 0.0101. The first-order valence-corrected chi connectivity index (χ1v) is 9.80. The zero-order valence-corrected chi connectivity index (χ0v) is 16.7. The summed E-state index contributed by atoms with van der Waals surface area (Å²) >= 11 is 0. The van der Waals surface area contributed by atoms with E-state index in [-0.39, 0.29) is 17.1 Å². The molecule has 29 heavy (non-hydrogen) atoms. The maximum Gasteiger partial charge on any atom is 0.251 e. The topological polar surface area (TPSA) is 58.2 Å². The fourth-order valence-electron chi connectivity index (χ4n) is 4.35. The number of carbonyl (C=O) groups is 2. The van der Waals surface area contributed by atoms with Gasteiger partial charge in [-0.05, 0) is 48.4 Å². The van der Waals surface area contributed by atoms with Crippen LogP contribution in [0.1, 0.15) is 38.8 Å². The lowest BCUT2D eigenvalue weighted by Gasteiger charge is -2.32. The van der Waals surface area contributed by atoms with Gasteiger partial charge in [-0.2, -0.15) is 0 Å². The van der Waals surface area contributed by atoms with Crippen molar-refractivity contribution in [3.05, 3.63) is 95.1 Å². The second-order valence-electron chi connectivity index (χ2n) is 7.52. The number of fused-ring (bicyclic) bond motifs is 3. The van der Waals surface area contributed by atoms with Crippen LogP contribution in [-0.2, 0) is 5.41 Å². The number of amides is 1. The van der Waals surface area contributed by atoms with Gasteiger partial charge in [-0.15, -0.1) is 0 Å². The molecule has 0 saturated heterocycles. The second kappa shape index (κ2) is 7.64. The van der Waals surface area contributed by atoms with Crippen molar-refractivity contribution in [2.45, 2.75) is 12.3 Å². The molecule has 0 radical (unpaired) electrons. The SMILES string of the molecule is CNCC1(CNC(=O)c2ccc(C(C)=O)cc2)c2ccccc2-c2ccccc21. The Labute approximate surface area is 171 Å². The van der Waals surface area contributed by atoms with Crippen molar-refractivity contribution in [1.82, 2.24) is 10.6 Å². The van der Waals surface area contributed by atoms with Crippen LogP contribution in [0.5, 0.6) is 0 Å². The Kier molecular flexibility index (Phi) is 5.03. The standard InChI is InChI=1S/C25H24N2O2/c1-17(28)18-11-13-19(14-12-18)24(29)27-16-25(15-26-2)22-9-5-3-7-20(22)21-8-4-6-10-23(21)25/h3-14,26H,15-16H2,1-2H3,(H,27,29). The monoisotopic (exact) mass is 384 g/mol. The second-order valence-corrected chi connectivity index (χ2v) is 7.52. The van der Waals surface area contributed by atoms with E-state index in [1.54, 1.807) is 24.3 Å². The van der Waals surface area contributed by atoms with Gasteiger partial charge in [0, 0.05) is 24.2 Å². The first-order valence-electron chi connectivity index (χ1n) is 9.80. The van der Waals surface area contributed by atoms with Crippen molar-refractivity contribution in [3.63, 3.8) is 0 Å². The largest absolute Gasteiger partial charge is 0.351 e. The van der Waals surface area contributed by atoms with Crippen molar-refractivity contribution in [2.24, 2.45) is 0 Å². The molecule has 0 aliphatic heterocycles. The number of ketones is 1. The zero-order chi connectivity index (χ0) is 20.4. The number of hydrogen-bond acceptors (Lipinski definition) is 3. The Hall–Kier alpha value is -3.24. The van der Waals surface area contributed by atoms with Crippen molar-refractivity contribution in [1.29, 1.82) is 0 Å². The van der Waals surface area contributed by atoms with Gasteiger partial charge in [0.1, 0.15) is 0 Å². The lowest BCUT2D eigenvalue weighted by molar-refractivity contribution is 0.0944. The van der Waals surface area contributed by atoms with Crippen LogP contribution < -0.4 is 10.6 Å². The Balaban J connectivity index is 1.66. The summed E-state index contributed by atoms with van der Waals surface area (Å²) in [6.07, 6.45) is 0. The molecular formula is C25H24N2O2. The van der Waals surface area contributed by atoms with Gasteiger partial charge in [0.25, 0.3) is 5.91 Å². The summed E-state index contributed by atoms with van der Waals surface area (Å²) in [5.74, 6) is -0.151. The predicted octanol–water partition coefficient (Wildman–Crippen LogP) is 3.81. The van der Waals surface area contributed by atoms with Crippen LogP contribution in [0.25, 0.3) is 11.1 Å². The van der Waals surface area contributed by atoms with Crippen LogP contribution in [0.4, 0.5) is 0 Å². The number of carbonyl (C=O) groups excluding carboxylic acids is 2. The van der Waals surface area contributed by atoms with E-state index in [4.69, 9.17) is 0 Å². The average molecular weight is 384 g/mol. The molecule has 4 heteroatoms. The molecule has 0 saturated carbocycles. The number of nitrogens with one attached hydrogen (secondary N) is 2. The zero-order valence-electron chi connectivity index (χ0n) is 16.7. The first kappa shape index (κ1) is 19.1. The number of benzene rings is 3. The minimum Gasteiger partial charge on any atom is -0.351 e. The van der Waals surface area contributed by atoms with Crippen molar-refractivity contribution in [2.75, 3.05) is 20.1 Å². The molecule has 3 aromatic rings. The van der Waals surface area contributed by atoms with Crippen LogP contribution in [0.2, 0.25) is 0 Å². The van der Waals surface area contributed by atoms with Crippen LogP contribution in [0, 0.1) is 0 Å². The number of Topliss-reactive ketones (excluding diaryl/α,β-unsaturated/α-hetero) is 1. The van der Waals surface area contributed by atoms with E-state index in [0.717, 1.165) is 0 Å². The van der Waals surface area contributed by atoms with Gasteiger partial charge in [0.2, 0.25) is 0 Å². The van der Waals surface area contributed by atoms with Gasteiger partial charge < -0.3 is 10.6 Å². The van der Waals surface area contributed by atoms with Gasteiger partial charge in [0.05, 0.1) is 5.41 Å². The maximum atomic E-state index is 12.8. The molecule has 4 nitrogen and oxygen atoms in total. The van der Waals surface area contributed by atoms with E-state index in [1.165, 1.54) is 29.2 Å². The first-order chi connectivity index (χ1) is 14.1. The average Bonchev–Trinajstić information content (AvgIpc) is 3.03. The van der Waals surface area contributed by atoms with Gasteiger partial charge in [-0.3, -0.25) is 9.59 Å². The summed E-state index contributed by atoms with van der Waals surface area (Å²) in [6.45, 7) is 2.71. The van der Waals surface area contributed by atoms with Crippen LogP contribution in [-0.4, -0.2) is 31.8 Å². The molecule has 1 aliphatic rings. The summed E-state index contributed by atoms with van der Waals surface area (Å²) in [4.78, 5) is 24.3. The summed E-state index contributed by atoms with van der Waals surface area (Å²) in [5.41, 5.74) is 5.71. The lowest BCUT2D eigenvalue weighted by Crippen LogP contribution is -2.46. The van der Waals surface area contributed by atoms with Crippen LogP contribution in [0.15, 0.2) is 72.8 Å². The molecule has 0 bridgehead atoms. The molecule has 0 spiro atoms. The summed E-state index contributed by atoms with van der Waals surface area (Å²) in [5, 5.41) is 6.46. The highest BCUT2D eigenvalue weighted by Gasteiger charge is 2.42. The fraction of sp³-hybridized carbons (Fsp3) is 0.200. The molecule has 0 unspecified atom stereocenters. The van der Waals surface area contributed by atoms with E-state index in [1.807, 2.05) is 7.05 Å². The smallest absolute Gasteiger partial charge is 0.251 e. The number of likely N-dealkylation sites (N-methyl/N-ethyl adjacent to an activating group) is 1. The Morgan fingerprint density at radius 1 is 0.759 bits per heavy atom. The minimum atomic E-state index is -0.336. The normalized spacial score (nSPS) is 13.4. The van der Waals surface area contributed by atoms with E-state index in [2.05, 4.69) is 59.2 Å². The number of hydrogen-bond donors (Lipinski definition) is 2. The van der Waals surface area contributed by atoms with E-state index in [9.17, 15) is 9.59 Å². The van der Waals surface area contributed by atoms with Crippen molar-refractivity contribution >= 4 is 11.7 Å². The van der Waals surface area contributed by atoms with Gasteiger partial charge >= 0.3 is 0 Å². The Morgan fingerprint density at radius 2 is 1.28 bits per heavy atom. The molecular weight excluding hydrogens is 360 g/mol. The molecule has 146 valence electrons. The molecule has 0 fully saturated rings. The molecule has 4 rings (SSSR count). The summed E-state index contributed by atoms with van der Waals surface area (Å²) in [7, 11) is 1.94. The van der Waals surface area contributed by atoms with Crippen molar-refractivity contribution in [3.8, 4) is 11.1 Å². The van der Waals surface area contributed by atoms with Gasteiger partial charge in [-0.25, -0.2) is 0 Å². The Morgan fingerprint density at radius 3 is 1.79 bits per heavy atom. The molecule has 1 aliphatic carbocycles. The third-order valence-electron chi connectivity index (χ3n) is 5.76. The highest BCUT2D eigenvalue weighted by atomic mass is 16.1. The third kappa shape index (κ3) is 3.26. The predicted molar refractivity (Wildman–Crippen MR) is 115 cm³/mol. The van der Waals surface area contributed by atoms with Gasteiger partial charge in [-0.1, -0.05) is 60.7 Å². The third-order valence-corrected chi connectivity index (χ3v) is 5.76. The van der Waals surface area contributed by atoms with E-state index in [0.29, 0.717) is 24.2 Å². The number of rotatable bonds is 6. The summed E-state index contributed by atoms with van der Waals surface area (Å²) in [6, 6.07) is 23.6. The molecule has 3 aromatic carbocycles. The quantitative estimate of drug-likeness (QED) is 0.636. The lowest BCUT2D eigenvalue weighted by atomic mass is 9.77. The van der Waals surface area contributed by atoms with E-state index < -0.39 is 0 Å². The Bertz CT molecular complexity index is 1020. The highest BCUT2D eigenvalue weighted by Crippen LogP contribution is 2.48. The van der Waals surface area contributed by atoms with Crippen molar-refractivity contribution < 1.29 is 9.59 Å². The van der Waals surface area contributed by atoms with Crippen LogP contribution >= 0.6 is 0 Å². The molecule has 0 aromatic heterocycles. The maximum absolute atomic E-state index is 12.8. The fourth-order valence-corrected chi connectivity index (χ4v) is 4.35. The molecule has 2 N–H and O–H groups in total. The highest BCUT2D eigenvalue weighted by molar-refractivity contribution is 5.98. The molecule has 0 heterocycles. The van der Waals surface area contributed by atoms with Gasteiger partial charge in [0.15, 0.2) is 5.78 Å². The van der Waals surface area contributed by atoms with E-state index >= 15 is 0 Å². The molecule has 0 atom stereocenters. The van der Waals surface area contributed by atoms with Crippen LogP contribution in [0.3, 0.4) is 0 Å². The molecule has 1 amide bonds. The summed E-state index contributed by atoms with van der Waals surface area (Å²) < 4.78 is 0.